The first-order valence-electron chi connectivity index (χ1n) is 3.80. The Labute approximate surface area is 82.6 Å². The van der Waals surface area contributed by atoms with E-state index in [9.17, 15) is 9.18 Å². The average molecular weight is 211 g/mol. The van der Waals surface area contributed by atoms with Gasteiger partial charge in [0.15, 0.2) is 5.13 Å². The normalized spacial score (nSPS) is 10.6. The van der Waals surface area contributed by atoms with Crippen molar-refractivity contribution in [2.45, 2.75) is 0 Å². The van der Waals surface area contributed by atoms with Gasteiger partial charge in [-0.15, -0.1) is 11.3 Å². The third kappa shape index (κ3) is 1.22. The van der Waals surface area contributed by atoms with Crippen molar-refractivity contribution in [1.82, 2.24) is 0 Å². The molecule has 0 aliphatic rings. The van der Waals surface area contributed by atoms with Crippen LogP contribution in [0.1, 0.15) is 10.4 Å². The van der Waals surface area contributed by atoms with Crippen molar-refractivity contribution < 1.29 is 14.3 Å². The summed E-state index contributed by atoms with van der Waals surface area (Å²) in [6.07, 6.45) is 0. The van der Waals surface area contributed by atoms with Crippen LogP contribution < -0.4 is 5.73 Å². The van der Waals surface area contributed by atoms with Crippen molar-refractivity contribution >= 4 is 33.1 Å². The summed E-state index contributed by atoms with van der Waals surface area (Å²) in [7, 11) is 0. The van der Waals surface area contributed by atoms with Crippen LogP contribution in [-0.4, -0.2) is 11.1 Å². The number of carboxylic acid groups (broad SMARTS) is 1. The van der Waals surface area contributed by atoms with Gasteiger partial charge in [-0.25, -0.2) is 4.79 Å². The minimum absolute atomic E-state index is 0.0133. The molecule has 3 nitrogen and oxygen atoms in total. The molecule has 1 heterocycles. The van der Waals surface area contributed by atoms with Crippen LogP contribution in [0.5, 0.6) is 0 Å². The fourth-order valence-electron chi connectivity index (χ4n) is 1.28. The molecular weight excluding hydrogens is 205 g/mol. The van der Waals surface area contributed by atoms with E-state index in [4.69, 9.17) is 10.8 Å². The number of hydrogen-bond donors (Lipinski definition) is 2. The highest BCUT2D eigenvalue weighted by Crippen LogP contribution is 2.31. The second-order valence-electron chi connectivity index (χ2n) is 2.80. The van der Waals surface area contributed by atoms with E-state index in [0.717, 1.165) is 11.3 Å². The highest BCUT2D eigenvalue weighted by atomic mass is 32.1. The Morgan fingerprint density at radius 3 is 2.86 bits per heavy atom. The lowest BCUT2D eigenvalue weighted by Crippen LogP contribution is -2.01. The van der Waals surface area contributed by atoms with Crippen molar-refractivity contribution in [3.63, 3.8) is 0 Å². The van der Waals surface area contributed by atoms with Crippen LogP contribution in [0.2, 0.25) is 0 Å². The Bertz CT molecular complexity index is 521. The van der Waals surface area contributed by atoms with Gasteiger partial charge >= 0.3 is 5.97 Å². The second kappa shape index (κ2) is 2.95. The van der Waals surface area contributed by atoms with Crippen LogP contribution in [0, 0.1) is 5.13 Å². The molecule has 3 N–H and O–H groups in total. The molecule has 0 saturated carbocycles. The van der Waals surface area contributed by atoms with E-state index >= 15 is 0 Å². The monoisotopic (exact) mass is 211 g/mol. The Hall–Kier alpha value is -1.62. The van der Waals surface area contributed by atoms with Gasteiger partial charge in [-0.1, -0.05) is 6.07 Å². The van der Waals surface area contributed by atoms with Gasteiger partial charge in [0.25, 0.3) is 0 Å². The summed E-state index contributed by atoms with van der Waals surface area (Å²) in [6, 6.07) is 4.27. The number of hydrogen-bond acceptors (Lipinski definition) is 3. The fraction of sp³-hybridized carbons (Fsp3) is 0. The van der Waals surface area contributed by atoms with Gasteiger partial charge in [0.05, 0.1) is 16.0 Å². The number of thiophene rings is 1. The Kier molecular flexibility index (Phi) is 1.89. The van der Waals surface area contributed by atoms with E-state index in [1.807, 2.05) is 0 Å². The Balaban J connectivity index is 2.80. The van der Waals surface area contributed by atoms with Crippen molar-refractivity contribution in [2.75, 3.05) is 5.73 Å². The lowest BCUT2D eigenvalue weighted by molar-refractivity contribution is 0.0698. The summed E-state index contributed by atoms with van der Waals surface area (Å²) in [6.45, 7) is 0. The van der Waals surface area contributed by atoms with Crippen LogP contribution in [0.4, 0.5) is 10.1 Å². The fourth-order valence-corrected chi connectivity index (χ4v) is 2.13. The van der Waals surface area contributed by atoms with Crippen molar-refractivity contribution in [2.24, 2.45) is 0 Å². The molecule has 1 aromatic carbocycles. The van der Waals surface area contributed by atoms with Gasteiger partial charge in [-0.05, 0) is 17.5 Å². The van der Waals surface area contributed by atoms with E-state index in [-0.39, 0.29) is 16.4 Å². The lowest BCUT2D eigenvalue weighted by Gasteiger charge is -2.00. The van der Waals surface area contributed by atoms with E-state index in [1.165, 1.54) is 12.1 Å². The minimum Gasteiger partial charge on any atom is -0.478 e. The molecule has 0 aliphatic heterocycles. The first kappa shape index (κ1) is 8.96. The maximum atomic E-state index is 12.9. The SMILES string of the molecule is Nc1c(C(=O)O)ccc2cc(F)sc12. The number of halogens is 1. The maximum absolute atomic E-state index is 12.9. The van der Waals surface area contributed by atoms with E-state index in [1.54, 1.807) is 6.07 Å². The van der Waals surface area contributed by atoms with E-state index in [0.29, 0.717) is 10.1 Å². The van der Waals surface area contributed by atoms with Crippen molar-refractivity contribution in [3.8, 4) is 0 Å². The first-order chi connectivity index (χ1) is 6.59. The molecule has 0 atom stereocenters. The number of fused-ring (bicyclic) bond motifs is 1. The summed E-state index contributed by atoms with van der Waals surface area (Å²) in [4.78, 5) is 10.7. The molecule has 0 amide bonds. The standard InChI is InChI=1S/C9H6FNO2S/c10-6-3-4-1-2-5(9(12)13)7(11)8(4)14-6/h1-3H,11H2,(H,12,13). The van der Waals surface area contributed by atoms with Gasteiger partial charge in [0.2, 0.25) is 0 Å². The topological polar surface area (TPSA) is 63.3 Å². The number of anilines is 1. The third-order valence-electron chi connectivity index (χ3n) is 1.93. The summed E-state index contributed by atoms with van der Waals surface area (Å²) in [5, 5.41) is 9.03. The van der Waals surface area contributed by atoms with Crippen molar-refractivity contribution in [1.29, 1.82) is 0 Å². The van der Waals surface area contributed by atoms with Crippen LogP contribution in [-0.2, 0) is 0 Å². The van der Waals surface area contributed by atoms with Crippen molar-refractivity contribution in [3.05, 3.63) is 28.9 Å². The molecule has 0 unspecified atom stereocenters. The van der Waals surface area contributed by atoms with Crippen LogP contribution in [0.15, 0.2) is 18.2 Å². The Morgan fingerprint density at radius 2 is 2.21 bits per heavy atom. The predicted octanol–water partition coefficient (Wildman–Crippen LogP) is 2.32. The molecular formula is C9H6FNO2S. The quantitative estimate of drug-likeness (QED) is 0.711. The number of nitrogens with two attached hydrogens (primary N) is 1. The zero-order chi connectivity index (χ0) is 10.3. The number of aromatic carboxylic acids is 1. The number of rotatable bonds is 1. The van der Waals surface area contributed by atoms with Crippen LogP contribution >= 0.6 is 11.3 Å². The minimum atomic E-state index is -1.10. The van der Waals surface area contributed by atoms with Gasteiger partial charge in [-0.3, -0.25) is 0 Å². The molecule has 0 saturated heterocycles. The summed E-state index contributed by atoms with van der Waals surface area (Å²) >= 11 is 0.855. The molecule has 2 rings (SSSR count). The number of benzene rings is 1. The third-order valence-corrected chi connectivity index (χ3v) is 2.90. The molecule has 1 aromatic heterocycles. The number of carbonyl (C=O) groups is 1. The highest BCUT2D eigenvalue weighted by molar-refractivity contribution is 7.18. The van der Waals surface area contributed by atoms with Gasteiger partial charge < -0.3 is 10.8 Å². The highest BCUT2D eigenvalue weighted by Gasteiger charge is 2.12. The molecule has 0 aliphatic carbocycles. The number of nitrogen functional groups attached to an aromatic ring is 1. The zero-order valence-electron chi connectivity index (χ0n) is 6.95. The van der Waals surface area contributed by atoms with Crippen LogP contribution in [0.25, 0.3) is 10.1 Å². The molecule has 0 spiro atoms. The Morgan fingerprint density at radius 1 is 1.50 bits per heavy atom. The van der Waals surface area contributed by atoms with Gasteiger partial charge in [0, 0.05) is 0 Å². The van der Waals surface area contributed by atoms with Gasteiger partial charge in [-0.2, -0.15) is 4.39 Å². The molecule has 0 fully saturated rings. The first-order valence-corrected chi connectivity index (χ1v) is 4.62. The molecule has 72 valence electrons. The molecule has 2 aromatic rings. The molecule has 14 heavy (non-hydrogen) atoms. The predicted molar refractivity (Wildman–Crippen MR) is 53.2 cm³/mol. The summed E-state index contributed by atoms with van der Waals surface area (Å²) < 4.78 is 13.3. The average Bonchev–Trinajstić information content (AvgIpc) is 2.46. The zero-order valence-corrected chi connectivity index (χ0v) is 7.77. The molecule has 5 heteroatoms. The lowest BCUT2D eigenvalue weighted by atomic mass is 10.1. The van der Waals surface area contributed by atoms with Crippen LogP contribution in [0.3, 0.4) is 0 Å². The second-order valence-corrected chi connectivity index (χ2v) is 3.80. The van der Waals surface area contributed by atoms with E-state index in [2.05, 4.69) is 0 Å². The summed E-state index contributed by atoms with van der Waals surface area (Å²) in [5.74, 6) is -1.10. The maximum Gasteiger partial charge on any atom is 0.337 e. The van der Waals surface area contributed by atoms with Gasteiger partial charge in [0.1, 0.15) is 0 Å². The molecule has 0 radical (unpaired) electrons. The molecule has 0 bridgehead atoms. The largest absolute Gasteiger partial charge is 0.478 e. The summed E-state index contributed by atoms with van der Waals surface area (Å²) in [5.41, 5.74) is 5.74. The number of carboxylic acids is 1. The van der Waals surface area contributed by atoms with E-state index < -0.39 is 5.97 Å². The smallest absolute Gasteiger partial charge is 0.337 e.